The van der Waals surface area contributed by atoms with E-state index in [-0.39, 0.29) is 17.1 Å². The van der Waals surface area contributed by atoms with Crippen molar-refractivity contribution in [2.24, 2.45) is 0 Å². The molecule has 1 saturated carbocycles. The van der Waals surface area contributed by atoms with Gasteiger partial charge < -0.3 is 5.11 Å². The Labute approximate surface area is 131 Å². The van der Waals surface area contributed by atoms with Gasteiger partial charge in [0.1, 0.15) is 0 Å². The van der Waals surface area contributed by atoms with Crippen LogP contribution < -0.4 is 4.72 Å². The molecule has 1 aliphatic carbocycles. The van der Waals surface area contributed by atoms with Crippen molar-refractivity contribution in [3.63, 3.8) is 0 Å². The molecule has 0 heterocycles. The Morgan fingerprint density at radius 2 is 1.95 bits per heavy atom. The second-order valence-electron chi connectivity index (χ2n) is 5.65. The second kappa shape index (κ2) is 7.13. The molecule has 0 aromatic heterocycles. The Morgan fingerprint density at radius 3 is 2.57 bits per heavy atom. The highest BCUT2D eigenvalue weighted by atomic mass is 32.2. The van der Waals surface area contributed by atoms with E-state index in [1.165, 1.54) is 12.8 Å². The minimum absolute atomic E-state index is 0.0364. The fraction of sp³-hybridized carbons (Fsp3) is 0.600. The molecule has 0 saturated heterocycles. The largest absolute Gasteiger partial charge is 0.392 e. The number of hydrogen-bond donors (Lipinski definition) is 2. The van der Waals surface area contributed by atoms with E-state index in [2.05, 4.69) is 11.0 Å². The van der Waals surface area contributed by atoms with E-state index in [1.807, 2.05) is 0 Å². The highest BCUT2D eigenvalue weighted by Gasteiger charge is 2.33. The van der Waals surface area contributed by atoms with Crippen LogP contribution in [0, 0.1) is 0 Å². The van der Waals surface area contributed by atoms with Crippen LogP contribution in [0.1, 0.15) is 36.8 Å². The SMILES string of the molecule is CSC1(CNS(=O)(=O)Cc2cccc(CO)c2)CCCC1. The van der Waals surface area contributed by atoms with Gasteiger partial charge in [-0.25, -0.2) is 13.1 Å². The summed E-state index contributed by atoms with van der Waals surface area (Å²) in [6.45, 7) is 0.438. The van der Waals surface area contributed by atoms with Crippen molar-refractivity contribution in [3.05, 3.63) is 35.4 Å². The highest BCUT2D eigenvalue weighted by Crippen LogP contribution is 2.39. The molecule has 0 bridgehead atoms. The number of rotatable bonds is 7. The Balaban J connectivity index is 1.98. The Morgan fingerprint density at radius 1 is 1.29 bits per heavy atom. The zero-order valence-corrected chi connectivity index (χ0v) is 14.0. The first kappa shape index (κ1) is 16.8. The fourth-order valence-electron chi connectivity index (χ4n) is 2.80. The van der Waals surface area contributed by atoms with E-state index in [1.54, 1.807) is 36.0 Å². The lowest BCUT2D eigenvalue weighted by Gasteiger charge is -2.26. The molecule has 21 heavy (non-hydrogen) atoms. The molecule has 1 aromatic carbocycles. The summed E-state index contributed by atoms with van der Waals surface area (Å²) in [7, 11) is -3.34. The summed E-state index contributed by atoms with van der Waals surface area (Å²) in [5, 5.41) is 9.11. The first-order valence-electron chi connectivity index (χ1n) is 7.20. The van der Waals surface area contributed by atoms with E-state index in [9.17, 15) is 8.42 Å². The topological polar surface area (TPSA) is 66.4 Å². The maximum Gasteiger partial charge on any atom is 0.215 e. The van der Waals surface area contributed by atoms with Crippen LogP contribution in [0.4, 0.5) is 0 Å². The summed E-state index contributed by atoms with van der Waals surface area (Å²) in [5.41, 5.74) is 1.44. The van der Waals surface area contributed by atoms with Crippen molar-refractivity contribution in [2.75, 3.05) is 12.8 Å². The fourth-order valence-corrected chi connectivity index (χ4v) is 5.02. The number of sulfonamides is 1. The van der Waals surface area contributed by atoms with E-state index >= 15 is 0 Å². The molecular weight excluding hydrogens is 306 g/mol. The molecule has 0 radical (unpaired) electrons. The molecule has 0 unspecified atom stereocenters. The molecule has 118 valence electrons. The van der Waals surface area contributed by atoms with Gasteiger partial charge >= 0.3 is 0 Å². The average Bonchev–Trinajstić information content (AvgIpc) is 2.95. The summed E-state index contributed by atoms with van der Waals surface area (Å²) >= 11 is 1.77. The lowest BCUT2D eigenvalue weighted by Crippen LogP contribution is -2.38. The van der Waals surface area contributed by atoms with Crippen LogP contribution in [-0.2, 0) is 22.4 Å². The minimum atomic E-state index is -3.34. The molecule has 4 nitrogen and oxygen atoms in total. The maximum atomic E-state index is 12.2. The van der Waals surface area contributed by atoms with Crippen LogP contribution in [0.2, 0.25) is 0 Å². The molecule has 0 spiro atoms. The van der Waals surface area contributed by atoms with Gasteiger partial charge in [-0.1, -0.05) is 37.1 Å². The van der Waals surface area contributed by atoms with Crippen LogP contribution in [-0.4, -0.2) is 31.1 Å². The van der Waals surface area contributed by atoms with Crippen molar-refractivity contribution < 1.29 is 13.5 Å². The molecule has 6 heteroatoms. The van der Waals surface area contributed by atoms with Crippen LogP contribution in [0.25, 0.3) is 0 Å². The standard InChI is InChI=1S/C15H23NO3S2/c1-20-15(7-2-3-8-15)12-16-21(18,19)11-14-6-4-5-13(9-14)10-17/h4-6,9,16-17H,2-3,7-8,10-12H2,1H3. The van der Waals surface area contributed by atoms with Crippen molar-refractivity contribution >= 4 is 21.8 Å². The third-order valence-electron chi connectivity index (χ3n) is 4.09. The predicted molar refractivity (Wildman–Crippen MR) is 87.7 cm³/mol. The number of hydrogen-bond acceptors (Lipinski definition) is 4. The van der Waals surface area contributed by atoms with Crippen LogP contribution in [0.3, 0.4) is 0 Å². The van der Waals surface area contributed by atoms with Crippen molar-refractivity contribution in [1.82, 2.24) is 4.72 Å². The van der Waals surface area contributed by atoms with E-state index in [0.29, 0.717) is 12.1 Å². The van der Waals surface area contributed by atoms with Crippen molar-refractivity contribution in [2.45, 2.75) is 42.8 Å². The first-order chi connectivity index (χ1) is 9.99. The second-order valence-corrected chi connectivity index (χ2v) is 8.73. The molecular formula is C15H23NO3S2. The smallest absolute Gasteiger partial charge is 0.215 e. The zero-order valence-electron chi connectivity index (χ0n) is 12.3. The normalized spacial score (nSPS) is 18.0. The molecule has 2 N–H and O–H groups in total. The third-order valence-corrected chi connectivity index (χ3v) is 6.81. The van der Waals surface area contributed by atoms with Gasteiger partial charge in [0.2, 0.25) is 10.0 Å². The van der Waals surface area contributed by atoms with Gasteiger partial charge in [-0.15, -0.1) is 0 Å². The van der Waals surface area contributed by atoms with Gasteiger partial charge in [0.15, 0.2) is 0 Å². The van der Waals surface area contributed by atoms with Gasteiger partial charge in [0.05, 0.1) is 12.4 Å². The van der Waals surface area contributed by atoms with Crippen LogP contribution in [0.5, 0.6) is 0 Å². The summed E-state index contributed by atoms with van der Waals surface area (Å²) < 4.78 is 27.3. The Bertz CT molecular complexity index is 566. The maximum absolute atomic E-state index is 12.2. The quantitative estimate of drug-likeness (QED) is 0.805. The van der Waals surface area contributed by atoms with Gasteiger partial charge in [-0.3, -0.25) is 0 Å². The highest BCUT2D eigenvalue weighted by molar-refractivity contribution is 8.00. The van der Waals surface area contributed by atoms with E-state index < -0.39 is 10.0 Å². The zero-order chi connectivity index (χ0) is 15.3. The first-order valence-corrected chi connectivity index (χ1v) is 10.1. The van der Waals surface area contributed by atoms with Gasteiger partial charge in [-0.2, -0.15) is 11.8 Å². The van der Waals surface area contributed by atoms with Gasteiger partial charge in [0.25, 0.3) is 0 Å². The number of benzene rings is 1. The monoisotopic (exact) mass is 329 g/mol. The molecule has 1 aromatic rings. The van der Waals surface area contributed by atoms with E-state index in [4.69, 9.17) is 5.11 Å². The Hall–Kier alpha value is -0.560. The van der Waals surface area contributed by atoms with Crippen LogP contribution >= 0.6 is 11.8 Å². The number of aliphatic hydroxyl groups is 1. The number of nitrogens with one attached hydrogen (secondary N) is 1. The molecule has 0 aliphatic heterocycles. The summed E-state index contributed by atoms with van der Waals surface area (Å²) in [4.78, 5) is 0. The lowest BCUT2D eigenvalue weighted by molar-refractivity contribution is 0.282. The van der Waals surface area contributed by atoms with E-state index in [0.717, 1.165) is 18.4 Å². The molecule has 0 atom stereocenters. The lowest BCUT2D eigenvalue weighted by atomic mass is 10.1. The number of aliphatic hydroxyl groups excluding tert-OH is 1. The van der Waals surface area contributed by atoms with Gasteiger partial charge in [0, 0.05) is 11.3 Å². The van der Waals surface area contributed by atoms with Crippen LogP contribution in [0.15, 0.2) is 24.3 Å². The molecule has 0 amide bonds. The number of thioether (sulfide) groups is 1. The van der Waals surface area contributed by atoms with Crippen molar-refractivity contribution in [3.8, 4) is 0 Å². The predicted octanol–water partition coefficient (Wildman–Crippen LogP) is 2.27. The molecule has 2 rings (SSSR count). The summed E-state index contributed by atoms with van der Waals surface area (Å²) in [6.07, 6.45) is 6.58. The minimum Gasteiger partial charge on any atom is -0.392 e. The third kappa shape index (κ3) is 4.71. The van der Waals surface area contributed by atoms with Crippen molar-refractivity contribution in [1.29, 1.82) is 0 Å². The van der Waals surface area contributed by atoms with Gasteiger partial charge in [-0.05, 0) is 30.2 Å². The average molecular weight is 329 g/mol. The Kier molecular flexibility index (Phi) is 5.71. The molecule has 1 fully saturated rings. The summed E-state index contributed by atoms with van der Waals surface area (Å²) in [5.74, 6) is -0.0364. The molecule has 1 aliphatic rings. The summed E-state index contributed by atoms with van der Waals surface area (Å²) in [6, 6.07) is 7.07.